The SMILES string of the molecule is COc1cnc(NC(CCN(CCCCc2ccc3c(n2)NCCC3)CCOc2cccnc2C)C(=O)O)cn1. The second kappa shape index (κ2) is 15.0. The molecular formula is C29H39N7O4. The van der Waals surface area contributed by atoms with Crippen molar-refractivity contribution in [1.82, 2.24) is 24.8 Å². The van der Waals surface area contributed by atoms with E-state index in [1.165, 1.54) is 25.1 Å². The zero-order valence-corrected chi connectivity index (χ0v) is 23.3. The van der Waals surface area contributed by atoms with Crippen LogP contribution in [0.5, 0.6) is 11.6 Å². The summed E-state index contributed by atoms with van der Waals surface area (Å²) in [4.78, 5) is 31.6. The first kappa shape index (κ1) is 29.0. The second-order valence-electron chi connectivity index (χ2n) is 9.84. The summed E-state index contributed by atoms with van der Waals surface area (Å²) >= 11 is 0. The summed E-state index contributed by atoms with van der Waals surface area (Å²) in [5, 5.41) is 16.2. The fourth-order valence-corrected chi connectivity index (χ4v) is 4.64. The van der Waals surface area contributed by atoms with Crippen LogP contribution in [0, 0.1) is 6.92 Å². The van der Waals surface area contributed by atoms with Crippen LogP contribution in [0.3, 0.4) is 0 Å². The van der Waals surface area contributed by atoms with E-state index in [2.05, 4.69) is 42.6 Å². The first-order chi connectivity index (χ1) is 19.5. The Bertz CT molecular complexity index is 1230. The minimum Gasteiger partial charge on any atom is -0.490 e. The highest BCUT2D eigenvalue weighted by Gasteiger charge is 2.20. The maximum Gasteiger partial charge on any atom is 0.326 e. The monoisotopic (exact) mass is 549 g/mol. The first-order valence-electron chi connectivity index (χ1n) is 13.9. The maximum absolute atomic E-state index is 12.0. The number of methoxy groups -OCH3 is 1. The van der Waals surface area contributed by atoms with Crippen molar-refractivity contribution < 1.29 is 19.4 Å². The predicted octanol–water partition coefficient (Wildman–Crippen LogP) is 3.60. The van der Waals surface area contributed by atoms with Crippen LogP contribution in [0.15, 0.2) is 42.9 Å². The zero-order valence-electron chi connectivity index (χ0n) is 23.3. The van der Waals surface area contributed by atoms with E-state index in [1.807, 2.05) is 19.1 Å². The van der Waals surface area contributed by atoms with E-state index in [4.69, 9.17) is 14.5 Å². The molecule has 11 heteroatoms. The van der Waals surface area contributed by atoms with Crippen LogP contribution in [0.25, 0.3) is 0 Å². The molecule has 4 rings (SSSR count). The molecule has 0 saturated carbocycles. The number of nitrogens with zero attached hydrogens (tertiary/aromatic N) is 5. The van der Waals surface area contributed by atoms with Gasteiger partial charge in [-0.2, -0.15) is 0 Å². The van der Waals surface area contributed by atoms with E-state index in [-0.39, 0.29) is 0 Å². The first-order valence-corrected chi connectivity index (χ1v) is 13.9. The summed E-state index contributed by atoms with van der Waals surface area (Å²) in [6.07, 6.45) is 10.2. The number of rotatable bonds is 16. The Kier molecular flexibility index (Phi) is 10.9. The molecule has 3 aromatic rings. The summed E-state index contributed by atoms with van der Waals surface area (Å²) in [6, 6.07) is 7.29. The maximum atomic E-state index is 12.0. The molecule has 0 saturated heterocycles. The summed E-state index contributed by atoms with van der Waals surface area (Å²) in [5.74, 6) is 1.61. The molecule has 0 aromatic carbocycles. The Morgan fingerprint density at radius 2 is 2.05 bits per heavy atom. The van der Waals surface area contributed by atoms with Crippen LogP contribution in [0.1, 0.15) is 42.6 Å². The molecule has 0 amide bonds. The minimum absolute atomic E-state index is 0.370. The molecule has 3 aromatic heterocycles. The molecule has 4 heterocycles. The van der Waals surface area contributed by atoms with Gasteiger partial charge in [0.25, 0.3) is 0 Å². The minimum atomic E-state index is -0.938. The highest BCUT2D eigenvalue weighted by atomic mass is 16.5. The van der Waals surface area contributed by atoms with E-state index in [1.54, 1.807) is 6.20 Å². The summed E-state index contributed by atoms with van der Waals surface area (Å²) in [7, 11) is 1.51. The molecule has 214 valence electrons. The van der Waals surface area contributed by atoms with Gasteiger partial charge in [0.05, 0.1) is 25.2 Å². The van der Waals surface area contributed by atoms with Crippen molar-refractivity contribution in [3.8, 4) is 11.6 Å². The lowest BCUT2D eigenvalue weighted by atomic mass is 10.1. The lowest BCUT2D eigenvalue weighted by Gasteiger charge is -2.25. The predicted molar refractivity (Wildman–Crippen MR) is 153 cm³/mol. The Morgan fingerprint density at radius 3 is 2.83 bits per heavy atom. The van der Waals surface area contributed by atoms with Gasteiger partial charge in [-0.3, -0.25) is 9.88 Å². The van der Waals surface area contributed by atoms with Crippen LogP contribution >= 0.6 is 0 Å². The smallest absolute Gasteiger partial charge is 0.326 e. The average molecular weight is 550 g/mol. The topological polar surface area (TPSA) is 135 Å². The number of carboxylic acids is 1. The largest absolute Gasteiger partial charge is 0.490 e. The Labute approximate surface area is 235 Å². The van der Waals surface area contributed by atoms with Crippen molar-refractivity contribution in [2.45, 2.75) is 51.5 Å². The fraction of sp³-hybridized carbons (Fsp3) is 0.483. The van der Waals surface area contributed by atoms with E-state index in [0.29, 0.717) is 37.8 Å². The number of fused-ring (bicyclic) bond motifs is 1. The van der Waals surface area contributed by atoms with Gasteiger partial charge in [0.1, 0.15) is 30.0 Å². The quantitative estimate of drug-likeness (QED) is 0.226. The number of hydrogen-bond donors (Lipinski definition) is 3. The Balaban J connectivity index is 1.31. The van der Waals surface area contributed by atoms with Crippen molar-refractivity contribution in [2.24, 2.45) is 0 Å². The number of unbranched alkanes of at least 4 members (excludes halogenated alkanes) is 1. The van der Waals surface area contributed by atoms with Gasteiger partial charge >= 0.3 is 5.97 Å². The van der Waals surface area contributed by atoms with Crippen molar-refractivity contribution in [3.63, 3.8) is 0 Å². The number of aliphatic carboxylic acids is 1. The number of pyridine rings is 2. The molecule has 0 radical (unpaired) electrons. The molecule has 1 unspecified atom stereocenters. The second-order valence-corrected chi connectivity index (χ2v) is 9.84. The van der Waals surface area contributed by atoms with Crippen LogP contribution in [-0.2, 0) is 17.6 Å². The average Bonchev–Trinajstić information content (AvgIpc) is 2.98. The molecule has 1 aliphatic rings. The zero-order chi connectivity index (χ0) is 28.2. The molecule has 0 aliphatic carbocycles. The number of anilines is 2. The Hall–Kier alpha value is -3.99. The normalized spacial score (nSPS) is 13.3. The molecule has 11 nitrogen and oxygen atoms in total. The molecule has 1 atom stereocenters. The van der Waals surface area contributed by atoms with E-state index in [9.17, 15) is 9.90 Å². The van der Waals surface area contributed by atoms with Gasteiger partial charge in [-0.15, -0.1) is 0 Å². The van der Waals surface area contributed by atoms with Gasteiger partial charge in [-0.1, -0.05) is 6.07 Å². The lowest BCUT2D eigenvalue weighted by molar-refractivity contribution is -0.138. The number of carbonyl (C=O) groups is 1. The molecule has 0 bridgehead atoms. The van der Waals surface area contributed by atoms with E-state index in [0.717, 1.165) is 68.1 Å². The molecule has 0 fully saturated rings. The fourth-order valence-electron chi connectivity index (χ4n) is 4.64. The number of carboxylic acid groups (broad SMARTS) is 1. The third-order valence-corrected chi connectivity index (χ3v) is 6.92. The van der Waals surface area contributed by atoms with Gasteiger partial charge in [0, 0.05) is 31.5 Å². The number of aromatic nitrogens is 4. The van der Waals surface area contributed by atoms with Crippen LogP contribution in [0.4, 0.5) is 11.6 Å². The molecular weight excluding hydrogens is 510 g/mol. The van der Waals surface area contributed by atoms with Crippen molar-refractivity contribution in [2.75, 3.05) is 50.5 Å². The Morgan fingerprint density at radius 1 is 1.15 bits per heavy atom. The third-order valence-electron chi connectivity index (χ3n) is 6.92. The third kappa shape index (κ3) is 8.77. The number of hydrogen-bond acceptors (Lipinski definition) is 10. The number of aryl methyl sites for hydroxylation is 3. The van der Waals surface area contributed by atoms with Gasteiger partial charge < -0.3 is 25.2 Å². The number of nitrogens with one attached hydrogen (secondary N) is 2. The van der Waals surface area contributed by atoms with Gasteiger partial charge in [0.2, 0.25) is 5.88 Å². The van der Waals surface area contributed by atoms with Crippen molar-refractivity contribution in [1.29, 1.82) is 0 Å². The van der Waals surface area contributed by atoms with Crippen LogP contribution < -0.4 is 20.1 Å². The number of ether oxygens (including phenoxy) is 2. The lowest BCUT2D eigenvalue weighted by Crippen LogP contribution is -2.37. The van der Waals surface area contributed by atoms with Crippen molar-refractivity contribution >= 4 is 17.6 Å². The summed E-state index contributed by atoms with van der Waals surface area (Å²) in [6.45, 7) is 5.47. The van der Waals surface area contributed by atoms with Gasteiger partial charge in [0.15, 0.2) is 0 Å². The highest BCUT2D eigenvalue weighted by Crippen LogP contribution is 2.20. The van der Waals surface area contributed by atoms with Crippen LogP contribution in [-0.4, -0.2) is 81.8 Å². The van der Waals surface area contributed by atoms with Gasteiger partial charge in [-0.25, -0.2) is 19.7 Å². The summed E-state index contributed by atoms with van der Waals surface area (Å²) in [5.41, 5.74) is 3.25. The summed E-state index contributed by atoms with van der Waals surface area (Å²) < 4.78 is 11.0. The standard InChI is InChI=1S/C29H39N7O4/c1-21-25(9-6-13-30-21)40-18-17-36(15-4-3-8-23-11-10-22-7-5-14-31-28(22)34-23)16-12-24(29(37)38)35-26-19-33-27(39-2)20-32-26/h6,9-11,13,19-20,24H,3-5,7-8,12,14-18H2,1-2H3,(H,31,34)(H,32,35)(H,37,38). The molecule has 3 N–H and O–H groups in total. The van der Waals surface area contributed by atoms with E-state index < -0.39 is 12.0 Å². The van der Waals surface area contributed by atoms with Gasteiger partial charge in [-0.05, 0) is 75.8 Å². The molecule has 1 aliphatic heterocycles. The van der Waals surface area contributed by atoms with E-state index >= 15 is 0 Å². The van der Waals surface area contributed by atoms with Crippen molar-refractivity contribution in [3.05, 3.63) is 59.8 Å². The molecule has 0 spiro atoms. The molecule has 40 heavy (non-hydrogen) atoms. The van der Waals surface area contributed by atoms with Crippen LogP contribution in [0.2, 0.25) is 0 Å². The highest BCUT2D eigenvalue weighted by molar-refractivity contribution is 5.76.